The van der Waals surface area contributed by atoms with E-state index in [9.17, 15) is 9.59 Å². The molecule has 0 heterocycles. The van der Waals surface area contributed by atoms with Crippen molar-refractivity contribution in [1.29, 1.82) is 0 Å². The van der Waals surface area contributed by atoms with Gasteiger partial charge in [0.15, 0.2) is 0 Å². The van der Waals surface area contributed by atoms with Crippen LogP contribution in [0.25, 0.3) is 6.08 Å². The molecule has 0 bridgehead atoms. The molecule has 5 nitrogen and oxygen atoms in total. The van der Waals surface area contributed by atoms with Gasteiger partial charge in [0.05, 0.1) is 14.2 Å². The molecule has 5 heteroatoms. The maximum Gasteiger partial charge on any atom is 0.345 e. The van der Waals surface area contributed by atoms with Gasteiger partial charge in [-0.25, -0.2) is 9.59 Å². The molecule has 3 rings (SSSR count). The Bertz CT molecular complexity index is 1170. The second-order valence-corrected chi connectivity index (χ2v) is 9.51. The van der Waals surface area contributed by atoms with Crippen LogP contribution in [0.4, 0.5) is 0 Å². The van der Waals surface area contributed by atoms with Crippen LogP contribution in [-0.4, -0.2) is 37.6 Å². The van der Waals surface area contributed by atoms with E-state index in [1.54, 1.807) is 6.08 Å². The van der Waals surface area contributed by atoms with Gasteiger partial charge in [0, 0.05) is 25.0 Å². The van der Waals surface area contributed by atoms with Crippen LogP contribution in [0, 0.1) is 0 Å². The molecular weight excluding hydrogens is 462 g/mol. The van der Waals surface area contributed by atoms with Gasteiger partial charge in [-0.15, -0.1) is 0 Å². The summed E-state index contributed by atoms with van der Waals surface area (Å²) in [7, 11) is 2.47. The number of hydrogen-bond donors (Lipinski definition) is 0. The van der Waals surface area contributed by atoms with Crippen molar-refractivity contribution in [3.05, 3.63) is 125 Å². The summed E-state index contributed by atoms with van der Waals surface area (Å²) in [6.45, 7) is 6.98. The number of carbonyl (C=O) groups is 2. The molecule has 0 aliphatic carbocycles. The summed E-state index contributed by atoms with van der Waals surface area (Å²) in [6.07, 6.45) is 5.02. The Morgan fingerprint density at radius 3 is 1.76 bits per heavy atom. The van der Waals surface area contributed by atoms with Crippen molar-refractivity contribution in [2.24, 2.45) is 0 Å². The van der Waals surface area contributed by atoms with Crippen LogP contribution < -0.4 is 0 Å². The summed E-state index contributed by atoms with van der Waals surface area (Å²) in [5.74, 6) is -1.47. The summed E-state index contributed by atoms with van der Waals surface area (Å²) in [6, 6.07) is 29.2. The third kappa shape index (κ3) is 8.02. The molecule has 0 aliphatic rings. The van der Waals surface area contributed by atoms with Crippen molar-refractivity contribution in [3.8, 4) is 0 Å². The number of methoxy groups -OCH3 is 2. The first-order valence-electron chi connectivity index (χ1n) is 12.3. The summed E-state index contributed by atoms with van der Waals surface area (Å²) in [5.41, 5.74) is 4.37. The predicted molar refractivity (Wildman–Crippen MR) is 148 cm³/mol. The Balaban J connectivity index is 1.88. The highest BCUT2D eigenvalue weighted by atomic mass is 16.5. The zero-order valence-electron chi connectivity index (χ0n) is 22.0. The van der Waals surface area contributed by atoms with Gasteiger partial charge in [0.25, 0.3) is 0 Å². The molecule has 0 fully saturated rings. The molecule has 0 spiro atoms. The van der Waals surface area contributed by atoms with Gasteiger partial charge < -0.3 is 9.47 Å². The molecule has 0 unspecified atom stereocenters. The Hall–Kier alpha value is -3.96. The van der Waals surface area contributed by atoms with E-state index in [2.05, 4.69) is 73.3 Å². The Kier molecular flexibility index (Phi) is 9.99. The second-order valence-electron chi connectivity index (χ2n) is 9.51. The quantitative estimate of drug-likeness (QED) is 0.108. The number of ether oxygens (including phenoxy) is 2. The lowest BCUT2D eigenvalue weighted by Crippen LogP contribution is -2.36. The number of hydrogen-bond acceptors (Lipinski definition) is 5. The van der Waals surface area contributed by atoms with Crippen molar-refractivity contribution in [3.63, 3.8) is 0 Å². The fourth-order valence-corrected chi connectivity index (χ4v) is 4.44. The molecule has 0 aliphatic heterocycles. The van der Waals surface area contributed by atoms with Crippen molar-refractivity contribution in [2.75, 3.05) is 20.8 Å². The van der Waals surface area contributed by atoms with Gasteiger partial charge in [-0.05, 0) is 28.3 Å². The number of esters is 2. The van der Waals surface area contributed by atoms with Gasteiger partial charge in [0.1, 0.15) is 5.57 Å². The molecule has 0 saturated heterocycles. The number of allylic oxidation sites excluding steroid dienone is 2. The predicted octanol–water partition coefficient (Wildman–Crippen LogP) is 5.95. The first kappa shape index (κ1) is 27.6. The van der Waals surface area contributed by atoms with Crippen LogP contribution in [0.3, 0.4) is 0 Å². The lowest BCUT2D eigenvalue weighted by molar-refractivity contribution is -0.144. The topological polar surface area (TPSA) is 55.8 Å². The fourth-order valence-electron chi connectivity index (χ4n) is 4.44. The highest BCUT2D eigenvalue weighted by Crippen LogP contribution is 2.30. The zero-order chi connectivity index (χ0) is 26.7. The Labute approximate surface area is 220 Å². The maximum atomic E-state index is 12.0. The highest BCUT2D eigenvalue weighted by molar-refractivity contribution is 6.14. The zero-order valence-corrected chi connectivity index (χ0v) is 22.0. The minimum Gasteiger partial charge on any atom is -0.465 e. The summed E-state index contributed by atoms with van der Waals surface area (Å²) in [5, 5.41) is 0. The van der Waals surface area contributed by atoms with E-state index in [4.69, 9.17) is 9.47 Å². The Morgan fingerprint density at radius 2 is 1.24 bits per heavy atom. The number of benzene rings is 3. The van der Waals surface area contributed by atoms with E-state index < -0.39 is 11.9 Å². The van der Waals surface area contributed by atoms with Crippen LogP contribution in [0.15, 0.2) is 103 Å². The van der Waals surface area contributed by atoms with E-state index in [0.29, 0.717) is 0 Å². The van der Waals surface area contributed by atoms with Gasteiger partial charge in [-0.2, -0.15) is 0 Å². The molecule has 0 radical (unpaired) electrons. The first-order chi connectivity index (χ1) is 17.8. The SMILES string of the molecule is COC(=O)C(=C/C=C/c1ccccc1C(C)(C)CN(Cc1ccccc1)Cc1ccccc1)C(=O)OC. The van der Waals surface area contributed by atoms with Crippen molar-refractivity contribution in [2.45, 2.75) is 32.4 Å². The van der Waals surface area contributed by atoms with Gasteiger partial charge in [-0.3, -0.25) is 4.90 Å². The molecule has 3 aromatic rings. The lowest BCUT2D eigenvalue weighted by Gasteiger charge is -2.34. The monoisotopic (exact) mass is 497 g/mol. The standard InChI is InChI=1S/C32H35NO4/c1-32(2,24-33(22-25-14-7-5-8-15-25)23-26-16-9-6-10-17-26)29-21-12-11-18-27(29)19-13-20-28(30(34)36-3)31(35)37-4/h5-21H,22-24H2,1-4H3/b19-13+. The van der Waals surface area contributed by atoms with Gasteiger partial charge >= 0.3 is 11.9 Å². The number of rotatable bonds is 11. The molecule has 0 atom stereocenters. The lowest BCUT2D eigenvalue weighted by atomic mass is 9.81. The average Bonchev–Trinajstić information content (AvgIpc) is 2.91. The van der Waals surface area contributed by atoms with E-state index in [0.717, 1.165) is 25.2 Å². The van der Waals surface area contributed by atoms with Crippen molar-refractivity contribution in [1.82, 2.24) is 4.90 Å². The van der Waals surface area contributed by atoms with Crippen LogP contribution in [0.5, 0.6) is 0 Å². The molecular formula is C32H35NO4. The minimum atomic E-state index is -0.734. The van der Waals surface area contributed by atoms with E-state index in [1.165, 1.54) is 37.0 Å². The van der Waals surface area contributed by atoms with E-state index in [-0.39, 0.29) is 11.0 Å². The van der Waals surface area contributed by atoms with Crippen molar-refractivity contribution < 1.29 is 19.1 Å². The molecule has 3 aromatic carbocycles. The minimum absolute atomic E-state index is 0.158. The van der Waals surface area contributed by atoms with E-state index in [1.807, 2.05) is 36.4 Å². The second kappa shape index (κ2) is 13.4. The molecule has 37 heavy (non-hydrogen) atoms. The van der Waals surface area contributed by atoms with Crippen LogP contribution in [-0.2, 0) is 37.6 Å². The van der Waals surface area contributed by atoms with Gasteiger partial charge in [0.2, 0.25) is 0 Å². The Morgan fingerprint density at radius 1 is 0.757 bits per heavy atom. The molecule has 192 valence electrons. The highest BCUT2D eigenvalue weighted by Gasteiger charge is 2.26. The molecule has 0 N–H and O–H groups in total. The number of nitrogens with zero attached hydrogens (tertiary/aromatic N) is 1. The van der Waals surface area contributed by atoms with Crippen LogP contribution in [0.2, 0.25) is 0 Å². The van der Waals surface area contributed by atoms with Crippen LogP contribution >= 0.6 is 0 Å². The van der Waals surface area contributed by atoms with Gasteiger partial charge in [-0.1, -0.05) is 111 Å². The normalized spacial score (nSPS) is 11.4. The number of carbonyl (C=O) groups excluding carboxylic acids is 2. The fraction of sp³-hybridized carbons (Fsp3) is 0.250. The third-order valence-electron chi connectivity index (χ3n) is 6.16. The average molecular weight is 498 g/mol. The van der Waals surface area contributed by atoms with Crippen LogP contribution in [0.1, 0.15) is 36.1 Å². The molecule has 0 saturated carbocycles. The largest absolute Gasteiger partial charge is 0.465 e. The summed E-state index contributed by atoms with van der Waals surface area (Å²) >= 11 is 0. The smallest absolute Gasteiger partial charge is 0.345 e. The summed E-state index contributed by atoms with van der Waals surface area (Å²) in [4.78, 5) is 26.4. The summed E-state index contributed by atoms with van der Waals surface area (Å²) < 4.78 is 9.42. The van der Waals surface area contributed by atoms with E-state index >= 15 is 0 Å². The third-order valence-corrected chi connectivity index (χ3v) is 6.16. The molecule has 0 amide bonds. The molecule has 0 aromatic heterocycles. The van der Waals surface area contributed by atoms with Crippen molar-refractivity contribution >= 4 is 18.0 Å². The first-order valence-corrected chi connectivity index (χ1v) is 12.3. The maximum absolute atomic E-state index is 12.0.